The molecule has 2 heterocycles. The number of nitrogens with one attached hydrogen (secondary N) is 3. The highest BCUT2D eigenvalue weighted by Gasteiger charge is 2.33. The topological polar surface area (TPSA) is 112 Å². The first-order valence-corrected chi connectivity index (χ1v) is 13.1. The average Bonchev–Trinajstić information content (AvgIpc) is 3.26. The van der Waals surface area contributed by atoms with Crippen molar-refractivity contribution in [1.29, 1.82) is 0 Å². The molecule has 0 bridgehead atoms. The van der Waals surface area contributed by atoms with E-state index in [4.69, 9.17) is 16.3 Å². The number of carbonyl (C=O) groups is 2. The van der Waals surface area contributed by atoms with Crippen molar-refractivity contribution in [3.63, 3.8) is 0 Å². The monoisotopic (exact) mass is 529 g/mol. The van der Waals surface area contributed by atoms with E-state index in [0.717, 1.165) is 50.9 Å². The van der Waals surface area contributed by atoms with Gasteiger partial charge in [0.15, 0.2) is 5.82 Å². The number of methoxy groups -OCH3 is 1. The number of ether oxygens (including phenoxy) is 1. The van der Waals surface area contributed by atoms with E-state index in [2.05, 4.69) is 43.0 Å². The Bertz CT molecular complexity index is 1140. The Morgan fingerprint density at radius 1 is 1.19 bits per heavy atom. The molecule has 2 amide bonds. The number of nitrogens with zero attached hydrogens (tertiary/aromatic N) is 4. The Balaban J connectivity index is 1.50. The molecule has 0 unspecified atom stereocenters. The van der Waals surface area contributed by atoms with Crippen molar-refractivity contribution in [1.82, 2.24) is 25.1 Å². The van der Waals surface area contributed by atoms with Crippen LogP contribution in [-0.4, -0.2) is 85.5 Å². The zero-order valence-corrected chi connectivity index (χ0v) is 22.7. The molecule has 1 aromatic heterocycles. The van der Waals surface area contributed by atoms with E-state index in [9.17, 15) is 9.59 Å². The summed E-state index contributed by atoms with van der Waals surface area (Å²) in [5, 5.41) is 9.80. The van der Waals surface area contributed by atoms with Crippen LogP contribution in [0.25, 0.3) is 0 Å². The van der Waals surface area contributed by atoms with Gasteiger partial charge in [0.2, 0.25) is 17.8 Å². The Hall–Kier alpha value is -3.11. The second kappa shape index (κ2) is 12.0. The fourth-order valence-corrected chi connectivity index (χ4v) is 5.16. The molecule has 1 fully saturated rings. The second-order valence-corrected chi connectivity index (χ2v) is 10.2. The molecule has 2 atom stereocenters. The van der Waals surface area contributed by atoms with Crippen LogP contribution < -0.4 is 20.7 Å². The zero-order valence-electron chi connectivity index (χ0n) is 21.9. The maximum Gasteiger partial charge on any atom is 0.236 e. The molecular formula is C26H36ClN7O3. The number of carbonyl (C=O) groups excluding carboxylic acids is 2. The van der Waals surface area contributed by atoms with E-state index in [1.165, 1.54) is 11.1 Å². The third kappa shape index (κ3) is 6.42. The van der Waals surface area contributed by atoms with Crippen LogP contribution in [0.3, 0.4) is 0 Å². The number of fused-ring (bicyclic) bond motifs is 1. The summed E-state index contributed by atoms with van der Waals surface area (Å²) in [6, 6.07) is 4.09. The van der Waals surface area contributed by atoms with Gasteiger partial charge >= 0.3 is 0 Å². The number of rotatable bonds is 8. The number of likely N-dealkylation sites (N-methyl/N-ethyl adjacent to an activating group) is 1. The van der Waals surface area contributed by atoms with Crippen LogP contribution in [0.2, 0.25) is 5.02 Å². The largest absolute Gasteiger partial charge is 0.495 e. The van der Waals surface area contributed by atoms with Gasteiger partial charge in [-0.25, -0.2) is 4.98 Å². The van der Waals surface area contributed by atoms with Gasteiger partial charge in [0, 0.05) is 40.3 Å². The number of benzene rings is 1. The Kier molecular flexibility index (Phi) is 8.71. The first-order valence-electron chi connectivity index (χ1n) is 12.7. The van der Waals surface area contributed by atoms with Gasteiger partial charge in [-0.1, -0.05) is 18.0 Å². The lowest BCUT2D eigenvalue weighted by Crippen LogP contribution is -2.37. The van der Waals surface area contributed by atoms with E-state index >= 15 is 0 Å². The Labute approximate surface area is 223 Å². The molecule has 1 aromatic carbocycles. The molecule has 10 nitrogen and oxygen atoms in total. The molecule has 3 N–H and O–H groups in total. The first kappa shape index (κ1) is 26.9. The minimum atomic E-state index is -0.121. The van der Waals surface area contributed by atoms with Crippen LogP contribution >= 0.6 is 11.6 Å². The average molecular weight is 530 g/mol. The molecule has 0 radical (unpaired) electrons. The summed E-state index contributed by atoms with van der Waals surface area (Å²) in [6.07, 6.45) is 5.89. The number of hydrogen-bond donors (Lipinski definition) is 3. The lowest BCUT2D eigenvalue weighted by molar-refractivity contribution is -0.130. The molecule has 0 spiro atoms. The van der Waals surface area contributed by atoms with E-state index < -0.39 is 0 Å². The molecule has 1 aliphatic heterocycles. The minimum Gasteiger partial charge on any atom is -0.495 e. The molecule has 200 valence electrons. The standard InChI is InChI=1S/C26H36ClN7O3/c1-28-25(36)18-6-5-7-20(18)30-24-19(27)14-29-26(32-24)31-21-12-16-8-10-34(15-23(35)33(2)3)11-9-17(16)13-22(21)37-4/h12-14,18,20H,5-11,15H2,1-4H3,(H,28,36)(H2,29,30,31,32)/t18-,20+/m1/s1. The first-order chi connectivity index (χ1) is 17.8. The van der Waals surface area contributed by atoms with E-state index in [-0.39, 0.29) is 23.8 Å². The molecule has 37 heavy (non-hydrogen) atoms. The Morgan fingerprint density at radius 3 is 2.59 bits per heavy atom. The van der Waals surface area contributed by atoms with Gasteiger partial charge in [-0.3, -0.25) is 14.5 Å². The Morgan fingerprint density at radius 2 is 1.92 bits per heavy atom. The normalized spacial score (nSPS) is 19.5. The third-order valence-corrected chi connectivity index (χ3v) is 7.46. The molecule has 2 aliphatic rings. The summed E-state index contributed by atoms with van der Waals surface area (Å²) < 4.78 is 5.68. The maximum atomic E-state index is 12.3. The highest BCUT2D eigenvalue weighted by molar-refractivity contribution is 6.32. The number of halogens is 1. The van der Waals surface area contributed by atoms with Crippen LogP contribution in [0.1, 0.15) is 30.4 Å². The quantitative estimate of drug-likeness (QED) is 0.478. The highest BCUT2D eigenvalue weighted by atomic mass is 35.5. The van der Waals surface area contributed by atoms with Crippen LogP contribution in [0.5, 0.6) is 5.75 Å². The maximum absolute atomic E-state index is 12.3. The molecule has 4 rings (SSSR count). The third-order valence-electron chi connectivity index (χ3n) is 7.19. The number of anilines is 3. The molecule has 11 heteroatoms. The van der Waals surface area contributed by atoms with Crippen LogP contribution in [0, 0.1) is 5.92 Å². The van der Waals surface area contributed by atoms with Gasteiger partial charge in [-0.2, -0.15) is 4.98 Å². The number of hydrogen-bond acceptors (Lipinski definition) is 8. The van der Waals surface area contributed by atoms with Crippen molar-refractivity contribution >= 4 is 40.9 Å². The van der Waals surface area contributed by atoms with E-state index in [0.29, 0.717) is 29.1 Å². The zero-order chi connectivity index (χ0) is 26.5. The SMILES string of the molecule is CNC(=O)[C@@H]1CCC[C@@H]1Nc1nc(Nc2cc3c(cc2OC)CCN(CC(=O)N(C)C)CC3)ncc1Cl. The van der Waals surface area contributed by atoms with Gasteiger partial charge in [-0.05, 0) is 48.9 Å². The van der Waals surface area contributed by atoms with Crippen LogP contribution in [0.15, 0.2) is 18.3 Å². The smallest absolute Gasteiger partial charge is 0.236 e. The minimum absolute atomic E-state index is 0.0258. The predicted molar refractivity (Wildman–Crippen MR) is 145 cm³/mol. The summed E-state index contributed by atoms with van der Waals surface area (Å²) in [5.74, 6) is 1.58. The van der Waals surface area contributed by atoms with Gasteiger partial charge in [-0.15, -0.1) is 0 Å². The molecule has 1 saturated carbocycles. The van der Waals surface area contributed by atoms with Gasteiger partial charge in [0.1, 0.15) is 10.8 Å². The molecular weight excluding hydrogens is 494 g/mol. The van der Waals surface area contributed by atoms with Gasteiger partial charge in [0.25, 0.3) is 0 Å². The van der Waals surface area contributed by atoms with Crippen molar-refractivity contribution in [3.05, 3.63) is 34.5 Å². The van der Waals surface area contributed by atoms with Crippen molar-refractivity contribution in [2.75, 3.05) is 58.5 Å². The predicted octanol–water partition coefficient (Wildman–Crippen LogP) is 2.70. The molecule has 2 aromatic rings. The van der Waals surface area contributed by atoms with Gasteiger partial charge in [0.05, 0.1) is 31.5 Å². The number of amides is 2. The fourth-order valence-electron chi connectivity index (χ4n) is 5.02. The number of aromatic nitrogens is 2. The lowest BCUT2D eigenvalue weighted by Gasteiger charge is -2.21. The summed E-state index contributed by atoms with van der Waals surface area (Å²) in [5.41, 5.74) is 3.18. The lowest BCUT2D eigenvalue weighted by atomic mass is 10.0. The van der Waals surface area contributed by atoms with Crippen molar-refractivity contribution in [3.8, 4) is 5.75 Å². The summed E-state index contributed by atoms with van der Waals surface area (Å²) >= 11 is 6.41. The van der Waals surface area contributed by atoms with E-state index in [1.54, 1.807) is 39.3 Å². The van der Waals surface area contributed by atoms with Crippen LogP contribution in [0.4, 0.5) is 17.5 Å². The highest BCUT2D eigenvalue weighted by Crippen LogP contribution is 2.34. The van der Waals surface area contributed by atoms with E-state index in [1.807, 2.05) is 0 Å². The molecule has 0 saturated heterocycles. The fraction of sp³-hybridized carbons (Fsp3) is 0.538. The summed E-state index contributed by atoms with van der Waals surface area (Å²) in [7, 11) is 6.86. The van der Waals surface area contributed by atoms with Crippen molar-refractivity contribution in [2.24, 2.45) is 5.92 Å². The van der Waals surface area contributed by atoms with Crippen molar-refractivity contribution < 1.29 is 14.3 Å². The summed E-state index contributed by atoms with van der Waals surface area (Å²) in [6.45, 7) is 2.03. The van der Waals surface area contributed by atoms with Gasteiger partial charge < -0.3 is 25.6 Å². The van der Waals surface area contributed by atoms with Crippen LogP contribution in [-0.2, 0) is 22.4 Å². The summed E-state index contributed by atoms with van der Waals surface area (Å²) in [4.78, 5) is 37.2. The molecule has 1 aliphatic carbocycles. The second-order valence-electron chi connectivity index (χ2n) is 9.80. The van der Waals surface area contributed by atoms with Crippen molar-refractivity contribution in [2.45, 2.75) is 38.1 Å².